The van der Waals surface area contributed by atoms with E-state index < -0.39 is 0 Å². The molecule has 0 saturated heterocycles. The molecule has 0 fully saturated rings. The van der Waals surface area contributed by atoms with Gasteiger partial charge in [-0.3, -0.25) is 5.10 Å². The lowest BCUT2D eigenvalue weighted by Crippen LogP contribution is -2.06. The van der Waals surface area contributed by atoms with Gasteiger partial charge in [-0.2, -0.15) is 10.1 Å². The number of aryl methyl sites for hydroxylation is 2. The summed E-state index contributed by atoms with van der Waals surface area (Å²) < 4.78 is 0. The van der Waals surface area contributed by atoms with Crippen molar-refractivity contribution in [3.63, 3.8) is 0 Å². The normalized spacial score (nSPS) is 10.8. The number of aromatic nitrogens is 4. The van der Waals surface area contributed by atoms with Crippen molar-refractivity contribution < 1.29 is 0 Å². The highest BCUT2D eigenvalue weighted by molar-refractivity contribution is 5.91. The van der Waals surface area contributed by atoms with Gasteiger partial charge >= 0.3 is 0 Å². The topological polar surface area (TPSA) is 78.5 Å². The Labute approximate surface area is 151 Å². The van der Waals surface area contributed by atoms with Crippen LogP contribution in [0.25, 0.3) is 10.9 Å². The molecule has 0 spiro atoms. The van der Waals surface area contributed by atoms with Crippen LogP contribution in [0, 0.1) is 13.8 Å². The van der Waals surface area contributed by atoms with Gasteiger partial charge in [0.25, 0.3) is 0 Å². The lowest BCUT2D eigenvalue weighted by atomic mass is 10.1. The Morgan fingerprint density at radius 1 is 0.962 bits per heavy atom. The Balaban J connectivity index is 1.63. The molecule has 130 valence electrons. The first-order chi connectivity index (χ1) is 12.7. The number of aromatic amines is 1. The third-order valence-electron chi connectivity index (χ3n) is 4.13. The highest BCUT2D eigenvalue weighted by Crippen LogP contribution is 2.24. The maximum absolute atomic E-state index is 4.65. The fourth-order valence-electron chi connectivity index (χ4n) is 2.74. The number of nitrogens with zero attached hydrogens (tertiary/aromatic N) is 3. The summed E-state index contributed by atoms with van der Waals surface area (Å²) in [7, 11) is 0. The SMILES string of the molecule is Cc1ccc(CNc2nc(Nc3cc(C)[nH]n3)c3ccccc3n2)cc1. The molecule has 26 heavy (non-hydrogen) atoms. The number of fused-ring (bicyclic) bond motifs is 1. The first kappa shape index (κ1) is 16.1. The Morgan fingerprint density at radius 2 is 1.77 bits per heavy atom. The second-order valence-electron chi connectivity index (χ2n) is 6.31. The van der Waals surface area contributed by atoms with Crippen LogP contribution in [-0.4, -0.2) is 20.2 Å². The molecule has 0 atom stereocenters. The minimum atomic E-state index is 0.582. The first-order valence-corrected chi connectivity index (χ1v) is 8.52. The standard InChI is InChI=1S/C20H20N6/c1-13-7-9-15(10-8-13)12-21-20-22-17-6-4-3-5-16(17)19(24-20)23-18-11-14(2)25-26-18/h3-11H,12H2,1-2H3,(H3,21,22,23,24,25,26). The van der Waals surface area contributed by atoms with E-state index in [0.717, 1.165) is 28.2 Å². The van der Waals surface area contributed by atoms with Crippen LogP contribution >= 0.6 is 0 Å². The van der Waals surface area contributed by atoms with E-state index in [4.69, 9.17) is 0 Å². The Bertz CT molecular complexity index is 1040. The molecule has 0 aliphatic rings. The Hall–Kier alpha value is -3.41. The summed E-state index contributed by atoms with van der Waals surface area (Å²) in [6.45, 7) is 4.71. The summed E-state index contributed by atoms with van der Waals surface area (Å²) in [6.07, 6.45) is 0. The Morgan fingerprint density at radius 3 is 2.54 bits per heavy atom. The molecule has 3 N–H and O–H groups in total. The highest BCUT2D eigenvalue weighted by Gasteiger charge is 2.09. The quantitative estimate of drug-likeness (QED) is 0.502. The number of nitrogens with one attached hydrogen (secondary N) is 3. The third kappa shape index (κ3) is 3.49. The molecule has 0 unspecified atom stereocenters. The Kier molecular flexibility index (Phi) is 4.23. The zero-order chi connectivity index (χ0) is 17.9. The predicted octanol–water partition coefficient (Wildman–Crippen LogP) is 4.33. The summed E-state index contributed by atoms with van der Waals surface area (Å²) in [5, 5.41) is 14.7. The molecule has 0 aliphatic heterocycles. The van der Waals surface area contributed by atoms with Crippen LogP contribution < -0.4 is 10.6 Å². The van der Waals surface area contributed by atoms with E-state index in [1.165, 1.54) is 11.1 Å². The fourth-order valence-corrected chi connectivity index (χ4v) is 2.74. The first-order valence-electron chi connectivity index (χ1n) is 8.52. The van der Waals surface area contributed by atoms with Crippen LogP contribution in [-0.2, 0) is 6.54 Å². The average Bonchev–Trinajstić information content (AvgIpc) is 3.06. The number of para-hydroxylation sites is 1. The molecule has 2 aromatic heterocycles. The van der Waals surface area contributed by atoms with Crippen molar-refractivity contribution in [1.29, 1.82) is 0 Å². The van der Waals surface area contributed by atoms with E-state index in [1.54, 1.807) is 0 Å². The number of H-pyrrole nitrogens is 1. The van der Waals surface area contributed by atoms with Crippen molar-refractivity contribution in [3.05, 3.63) is 71.4 Å². The van der Waals surface area contributed by atoms with E-state index in [0.29, 0.717) is 12.5 Å². The molecule has 6 heteroatoms. The summed E-state index contributed by atoms with van der Waals surface area (Å²) in [5.41, 5.74) is 4.30. The maximum Gasteiger partial charge on any atom is 0.225 e. The van der Waals surface area contributed by atoms with E-state index >= 15 is 0 Å². The van der Waals surface area contributed by atoms with Crippen molar-refractivity contribution in [2.45, 2.75) is 20.4 Å². The smallest absolute Gasteiger partial charge is 0.225 e. The van der Waals surface area contributed by atoms with Gasteiger partial charge in [0, 0.05) is 23.7 Å². The van der Waals surface area contributed by atoms with Gasteiger partial charge in [0.15, 0.2) is 5.82 Å². The molecular formula is C20H20N6. The number of hydrogen-bond acceptors (Lipinski definition) is 5. The van der Waals surface area contributed by atoms with Crippen LogP contribution in [0.2, 0.25) is 0 Å². The second-order valence-corrected chi connectivity index (χ2v) is 6.31. The van der Waals surface area contributed by atoms with Crippen molar-refractivity contribution >= 4 is 28.5 Å². The van der Waals surface area contributed by atoms with Crippen LogP contribution in [0.5, 0.6) is 0 Å². The summed E-state index contributed by atoms with van der Waals surface area (Å²) in [6, 6.07) is 18.3. The zero-order valence-corrected chi connectivity index (χ0v) is 14.7. The molecule has 4 aromatic rings. The molecular weight excluding hydrogens is 324 g/mol. The molecule has 0 amide bonds. The number of hydrogen-bond donors (Lipinski definition) is 3. The summed E-state index contributed by atoms with van der Waals surface area (Å²) >= 11 is 0. The van der Waals surface area contributed by atoms with Gasteiger partial charge < -0.3 is 10.6 Å². The number of benzene rings is 2. The molecule has 0 saturated carbocycles. The van der Waals surface area contributed by atoms with Crippen LogP contribution in [0.4, 0.5) is 17.6 Å². The molecule has 2 aromatic carbocycles. The average molecular weight is 344 g/mol. The minimum absolute atomic E-state index is 0.582. The number of rotatable bonds is 5. The molecule has 2 heterocycles. The maximum atomic E-state index is 4.65. The van der Waals surface area contributed by atoms with Crippen molar-refractivity contribution in [1.82, 2.24) is 20.2 Å². The molecule has 0 radical (unpaired) electrons. The van der Waals surface area contributed by atoms with Gasteiger partial charge in [-0.05, 0) is 31.5 Å². The lowest BCUT2D eigenvalue weighted by molar-refractivity contribution is 1.04. The van der Waals surface area contributed by atoms with Crippen LogP contribution in [0.3, 0.4) is 0 Å². The molecule has 4 rings (SSSR count). The van der Waals surface area contributed by atoms with E-state index in [1.807, 2.05) is 37.3 Å². The molecule has 0 bridgehead atoms. The van der Waals surface area contributed by atoms with E-state index in [2.05, 4.69) is 62.0 Å². The fraction of sp³-hybridized carbons (Fsp3) is 0.150. The van der Waals surface area contributed by atoms with Gasteiger partial charge in [0.05, 0.1) is 5.52 Å². The van der Waals surface area contributed by atoms with E-state index in [9.17, 15) is 0 Å². The van der Waals surface area contributed by atoms with Crippen LogP contribution in [0.15, 0.2) is 54.6 Å². The van der Waals surface area contributed by atoms with E-state index in [-0.39, 0.29) is 0 Å². The van der Waals surface area contributed by atoms with Crippen molar-refractivity contribution in [3.8, 4) is 0 Å². The third-order valence-corrected chi connectivity index (χ3v) is 4.13. The van der Waals surface area contributed by atoms with Gasteiger partial charge in [0.1, 0.15) is 5.82 Å². The van der Waals surface area contributed by atoms with Crippen molar-refractivity contribution in [2.75, 3.05) is 10.6 Å². The van der Waals surface area contributed by atoms with Gasteiger partial charge in [-0.15, -0.1) is 0 Å². The van der Waals surface area contributed by atoms with Crippen LogP contribution in [0.1, 0.15) is 16.8 Å². The van der Waals surface area contributed by atoms with Crippen molar-refractivity contribution in [2.24, 2.45) is 0 Å². The zero-order valence-electron chi connectivity index (χ0n) is 14.7. The highest BCUT2D eigenvalue weighted by atomic mass is 15.2. The molecule has 6 nitrogen and oxygen atoms in total. The summed E-state index contributed by atoms with van der Waals surface area (Å²) in [5.74, 6) is 2.04. The van der Waals surface area contributed by atoms with Gasteiger partial charge in [-0.1, -0.05) is 42.0 Å². The summed E-state index contributed by atoms with van der Waals surface area (Å²) in [4.78, 5) is 9.28. The van der Waals surface area contributed by atoms with Gasteiger partial charge in [-0.25, -0.2) is 4.98 Å². The van der Waals surface area contributed by atoms with Gasteiger partial charge in [0.2, 0.25) is 5.95 Å². The largest absolute Gasteiger partial charge is 0.350 e. The monoisotopic (exact) mass is 344 g/mol. The lowest BCUT2D eigenvalue weighted by Gasteiger charge is -2.11. The molecule has 0 aliphatic carbocycles. The predicted molar refractivity (Wildman–Crippen MR) is 105 cm³/mol. The second kappa shape index (κ2) is 6.84. The number of anilines is 3. The minimum Gasteiger partial charge on any atom is -0.350 e.